The third-order valence-electron chi connectivity index (χ3n) is 6.33. The van der Waals surface area contributed by atoms with Crippen molar-refractivity contribution in [2.24, 2.45) is 22.2 Å². The molecule has 0 aromatic heterocycles. The Morgan fingerprint density at radius 2 is 1.84 bits per heavy atom. The highest BCUT2D eigenvalue weighted by atomic mass is 35.5. The molecule has 1 nitrogen and oxygen atoms in total. The van der Waals surface area contributed by atoms with Gasteiger partial charge in [0.2, 0.25) is 0 Å². The maximum atomic E-state index is 12.8. The zero-order chi connectivity index (χ0) is 14.3. The highest BCUT2D eigenvalue weighted by Crippen LogP contribution is 2.87. The van der Waals surface area contributed by atoms with Crippen LogP contribution in [0.5, 0.6) is 0 Å². The van der Waals surface area contributed by atoms with Crippen LogP contribution in [-0.4, -0.2) is 10.1 Å². The minimum atomic E-state index is -0.755. The molecule has 3 aliphatic rings. The standard InChI is InChI=1S/C16H22Cl2O/c1-10-6-9-15-12(11(10)19)13(2,3)7-5-8-14(15,4)16(15,17)18/h6,12H,5,7-9H2,1-4H3/t12-,14-,15+/m1/s1. The van der Waals surface area contributed by atoms with Crippen LogP contribution in [0.15, 0.2) is 11.6 Å². The minimum absolute atomic E-state index is 0.0180. The van der Waals surface area contributed by atoms with Gasteiger partial charge in [-0.05, 0) is 37.2 Å². The molecule has 106 valence electrons. The number of ketones is 1. The average Bonchev–Trinajstić information content (AvgIpc) is 2.69. The molecule has 3 atom stereocenters. The van der Waals surface area contributed by atoms with Crippen molar-refractivity contribution >= 4 is 29.0 Å². The molecular weight excluding hydrogens is 279 g/mol. The Bertz CT molecular complexity index is 491. The fraction of sp³-hybridized carbons (Fsp3) is 0.812. The Kier molecular flexibility index (Phi) is 2.64. The molecule has 0 aromatic carbocycles. The number of rotatable bonds is 0. The average molecular weight is 301 g/mol. The van der Waals surface area contributed by atoms with Crippen molar-refractivity contribution in [3.8, 4) is 0 Å². The van der Waals surface area contributed by atoms with Crippen molar-refractivity contribution in [3.05, 3.63) is 11.6 Å². The number of allylic oxidation sites excluding steroid dienone is 2. The summed E-state index contributed by atoms with van der Waals surface area (Å²) >= 11 is 13.4. The SMILES string of the molecule is CC1=CC[C@]23[C@H](C1=O)C(C)(C)CCC[C@@]2(C)C3(Cl)Cl. The maximum Gasteiger partial charge on any atom is 0.162 e. The lowest BCUT2D eigenvalue weighted by atomic mass is 9.61. The van der Waals surface area contributed by atoms with Crippen molar-refractivity contribution in [2.75, 3.05) is 0 Å². The van der Waals surface area contributed by atoms with Crippen LogP contribution in [0.3, 0.4) is 0 Å². The van der Waals surface area contributed by atoms with E-state index >= 15 is 0 Å². The molecule has 0 radical (unpaired) electrons. The summed E-state index contributed by atoms with van der Waals surface area (Å²) in [6.07, 6.45) is 6.13. The molecule has 0 amide bonds. The molecule has 2 saturated carbocycles. The quantitative estimate of drug-likeness (QED) is 0.581. The second-order valence-electron chi connectivity index (χ2n) is 7.61. The van der Waals surface area contributed by atoms with Gasteiger partial charge in [0.1, 0.15) is 4.33 Å². The van der Waals surface area contributed by atoms with E-state index in [0.29, 0.717) is 0 Å². The molecule has 0 saturated heterocycles. The van der Waals surface area contributed by atoms with Gasteiger partial charge in [-0.15, -0.1) is 23.2 Å². The van der Waals surface area contributed by atoms with E-state index in [2.05, 4.69) is 26.8 Å². The Balaban J connectivity index is 2.21. The highest BCUT2D eigenvalue weighted by molar-refractivity contribution is 6.52. The van der Waals surface area contributed by atoms with E-state index in [9.17, 15) is 4.79 Å². The summed E-state index contributed by atoms with van der Waals surface area (Å²) in [7, 11) is 0. The number of hydrogen-bond acceptors (Lipinski definition) is 1. The molecule has 0 aromatic rings. The van der Waals surface area contributed by atoms with E-state index in [0.717, 1.165) is 31.3 Å². The molecule has 0 N–H and O–H groups in total. The third kappa shape index (κ3) is 1.32. The van der Waals surface area contributed by atoms with Crippen LogP contribution in [0.25, 0.3) is 0 Å². The lowest BCUT2D eigenvalue weighted by Crippen LogP contribution is -2.43. The summed E-state index contributed by atoms with van der Waals surface area (Å²) in [4.78, 5) is 12.8. The lowest BCUT2D eigenvalue weighted by molar-refractivity contribution is -0.127. The Hall–Kier alpha value is -0.0100. The molecule has 0 unspecified atom stereocenters. The first-order valence-electron chi connectivity index (χ1n) is 7.21. The van der Waals surface area contributed by atoms with Gasteiger partial charge in [0.15, 0.2) is 5.78 Å². The van der Waals surface area contributed by atoms with E-state index in [1.165, 1.54) is 0 Å². The molecule has 19 heavy (non-hydrogen) atoms. The van der Waals surface area contributed by atoms with Crippen LogP contribution in [0.1, 0.15) is 53.4 Å². The molecular formula is C16H22Cl2O. The van der Waals surface area contributed by atoms with Crippen molar-refractivity contribution in [2.45, 2.75) is 57.7 Å². The van der Waals surface area contributed by atoms with Crippen LogP contribution in [0, 0.1) is 22.2 Å². The topological polar surface area (TPSA) is 17.1 Å². The molecule has 0 heterocycles. The van der Waals surface area contributed by atoms with Gasteiger partial charge in [-0.1, -0.05) is 33.3 Å². The summed E-state index contributed by atoms with van der Waals surface area (Å²) in [6.45, 7) is 8.54. The van der Waals surface area contributed by atoms with Crippen LogP contribution >= 0.6 is 23.2 Å². The number of hydrogen-bond donors (Lipinski definition) is 0. The van der Waals surface area contributed by atoms with Gasteiger partial charge in [0.05, 0.1) is 0 Å². The van der Waals surface area contributed by atoms with Crippen LogP contribution in [-0.2, 0) is 4.79 Å². The summed E-state index contributed by atoms with van der Waals surface area (Å²) in [6, 6.07) is 0. The molecule has 3 heteroatoms. The number of carbonyl (C=O) groups excluding carboxylic acids is 1. The smallest absolute Gasteiger partial charge is 0.162 e. The number of alkyl halides is 2. The van der Waals surface area contributed by atoms with Crippen LogP contribution in [0.2, 0.25) is 0 Å². The predicted octanol–water partition coefficient (Wildman–Crippen LogP) is 4.91. The van der Waals surface area contributed by atoms with Crippen LogP contribution < -0.4 is 0 Å². The van der Waals surface area contributed by atoms with E-state index in [-0.39, 0.29) is 27.9 Å². The van der Waals surface area contributed by atoms with Crippen molar-refractivity contribution < 1.29 is 4.79 Å². The molecule has 3 aliphatic carbocycles. The maximum absolute atomic E-state index is 12.8. The molecule has 0 bridgehead atoms. The second-order valence-corrected chi connectivity index (χ2v) is 8.94. The van der Waals surface area contributed by atoms with Gasteiger partial charge in [0.25, 0.3) is 0 Å². The lowest BCUT2D eigenvalue weighted by Gasteiger charge is -2.42. The monoisotopic (exact) mass is 300 g/mol. The fourth-order valence-corrected chi connectivity index (χ4v) is 6.29. The summed E-state index contributed by atoms with van der Waals surface area (Å²) in [5, 5.41) is 0. The zero-order valence-corrected chi connectivity index (χ0v) is 13.7. The van der Waals surface area contributed by atoms with Gasteiger partial charge in [-0.3, -0.25) is 4.79 Å². The van der Waals surface area contributed by atoms with Crippen molar-refractivity contribution in [3.63, 3.8) is 0 Å². The van der Waals surface area contributed by atoms with E-state index in [1.807, 2.05) is 6.92 Å². The fourth-order valence-electron chi connectivity index (χ4n) is 5.07. The predicted molar refractivity (Wildman–Crippen MR) is 79.5 cm³/mol. The third-order valence-corrected chi connectivity index (χ3v) is 7.84. The Morgan fingerprint density at radius 1 is 1.21 bits per heavy atom. The van der Waals surface area contributed by atoms with Gasteiger partial charge < -0.3 is 0 Å². The van der Waals surface area contributed by atoms with Gasteiger partial charge in [0, 0.05) is 16.7 Å². The van der Waals surface area contributed by atoms with Gasteiger partial charge in [-0.2, -0.15) is 0 Å². The van der Waals surface area contributed by atoms with Gasteiger partial charge in [-0.25, -0.2) is 0 Å². The molecule has 2 fully saturated rings. The Labute approximate surface area is 125 Å². The number of Topliss-reactive ketones (excluding diaryl/α,β-unsaturated/α-hetero) is 1. The minimum Gasteiger partial charge on any atom is -0.294 e. The summed E-state index contributed by atoms with van der Waals surface area (Å²) < 4.78 is -0.755. The second kappa shape index (κ2) is 3.60. The zero-order valence-electron chi connectivity index (χ0n) is 12.1. The molecule has 1 spiro atoms. The summed E-state index contributed by atoms with van der Waals surface area (Å²) in [5.41, 5.74) is 0.508. The number of halogens is 2. The largest absolute Gasteiger partial charge is 0.294 e. The van der Waals surface area contributed by atoms with Crippen molar-refractivity contribution in [1.82, 2.24) is 0 Å². The van der Waals surface area contributed by atoms with Crippen molar-refractivity contribution in [1.29, 1.82) is 0 Å². The highest BCUT2D eigenvalue weighted by Gasteiger charge is 2.87. The Morgan fingerprint density at radius 3 is 2.47 bits per heavy atom. The molecule has 3 rings (SSSR count). The first-order valence-corrected chi connectivity index (χ1v) is 7.96. The number of carbonyl (C=O) groups is 1. The van der Waals surface area contributed by atoms with E-state index < -0.39 is 4.33 Å². The first-order chi connectivity index (χ1) is 8.62. The van der Waals surface area contributed by atoms with Gasteiger partial charge >= 0.3 is 0 Å². The first kappa shape index (κ1) is 13.9. The van der Waals surface area contributed by atoms with E-state index in [1.54, 1.807) is 0 Å². The van der Waals surface area contributed by atoms with Crippen LogP contribution in [0.4, 0.5) is 0 Å². The summed E-state index contributed by atoms with van der Waals surface area (Å²) in [5.74, 6) is 0.236. The normalized spacial score (nSPS) is 46.7. The molecule has 0 aliphatic heterocycles. The van der Waals surface area contributed by atoms with E-state index in [4.69, 9.17) is 23.2 Å².